The van der Waals surface area contributed by atoms with Crippen LogP contribution in [-0.4, -0.2) is 19.0 Å². The smallest absolute Gasteiger partial charge is 0.341 e. The zero-order valence-electron chi connectivity index (χ0n) is 14.0. The molecule has 3 rings (SSSR count). The standard InChI is InChI=1S/C19H21NO3S/c1-3-16(21)20-18-17(19(22)23-2)15(11-24-18)14-9-8-12-6-4-5-7-13(12)10-14/h8-11H,3-7H2,1-2H3,(H,20,21). The van der Waals surface area contributed by atoms with Crippen LogP contribution in [0.25, 0.3) is 11.1 Å². The molecule has 1 aromatic heterocycles. The van der Waals surface area contributed by atoms with Gasteiger partial charge in [0.15, 0.2) is 0 Å². The van der Waals surface area contributed by atoms with Crippen LogP contribution in [0, 0.1) is 0 Å². The summed E-state index contributed by atoms with van der Waals surface area (Å²) in [6.07, 6.45) is 5.03. The minimum atomic E-state index is -0.421. The van der Waals surface area contributed by atoms with Gasteiger partial charge in [-0.2, -0.15) is 0 Å². The average molecular weight is 343 g/mol. The SMILES string of the molecule is CCC(=O)Nc1scc(-c2ccc3c(c2)CCCC3)c1C(=O)OC. The second-order valence-electron chi connectivity index (χ2n) is 5.94. The molecule has 24 heavy (non-hydrogen) atoms. The highest BCUT2D eigenvalue weighted by molar-refractivity contribution is 7.15. The molecular formula is C19H21NO3S. The van der Waals surface area contributed by atoms with Gasteiger partial charge in [-0.1, -0.05) is 25.1 Å². The number of nitrogens with one attached hydrogen (secondary N) is 1. The third-order valence-electron chi connectivity index (χ3n) is 4.41. The van der Waals surface area contributed by atoms with Crippen molar-refractivity contribution in [2.75, 3.05) is 12.4 Å². The van der Waals surface area contributed by atoms with Crippen LogP contribution in [0.1, 0.15) is 47.7 Å². The summed E-state index contributed by atoms with van der Waals surface area (Å²) in [5.74, 6) is -0.533. The van der Waals surface area contributed by atoms with E-state index < -0.39 is 5.97 Å². The lowest BCUT2D eigenvalue weighted by molar-refractivity contribution is -0.115. The fraction of sp³-hybridized carbons (Fsp3) is 0.368. The Bertz CT molecular complexity index is 779. The highest BCUT2D eigenvalue weighted by atomic mass is 32.1. The Kier molecular flexibility index (Phi) is 5.00. The number of hydrogen-bond acceptors (Lipinski definition) is 4. The molecule has 4 nitrogen and oxygen atoms in total. The lowest BCUT2D eigenvalue weighted by atomic mass is 9.89. The van der Waals surface area contributed by atoms with Crippen LogP contribution in [0.2, 0.25) is 0 Å². The second kappa shape index (κ2) is 7.18. The topological polar surface area (TPSA) is 55.4 Å². The first-order valence-electron chi connectivity index (χ1n) is 8.25. The van der Waals surface area contributed by atoms with E-state index in [9.17, 15) is 9.59 Å². The lowest BCUT2D eigenvalue weighted by Gasteiger charge is -2.16. The van der Waals surface area contributed by atoms with Crippen LogP contribution in [-0.2, 0) is 22.4 Å². The summed E-state index contributed by atoms with van der Waals surface area (Å²) < 4.78 is 4.94. The number of esters is 1. The second-order valence-corrected chi connectivity index (χ2v) is 6.82. The maximum atomic E-state index is 12.3. The minimum absolute atomic E-state index is 0.112. The quantitative estimate of drug-likeness (QED) is 0.836. The first kappa shape index (κ1) is 16.7. The number of anilines is 1. The Morgan fingerprint density at radius 3 is 2.67 bits per heavy atom. The molecule has 126 valence electrons. The molecular weight excluding hydrogens is 322 g/mol. The van der Waals surface area contributed by atoms with Gasteiger partial charge in [-0.25, -0.2) is 4.79 Å². The summed E-state index contributed by atoms with van der Waals surface area (Å²) in [7, 11) is 1.36. The number of hydrogen-bond donors (Lipinski definition) is 1. The summed E-state index contributed by atoms with van der Waals surface area (Å²) in [5.41, 5.74) is 5.04. The molecule has 0 unspecified atom stereocenters. The van der Waals surface area contributed by atoms with E-state index in [-0.39, 0.29) is 5.91 Å². The summed E-state index contributed by atoms with van der Waals surface area (Å²) >= 11 is 1.36. The molecule has 0 bridgehead atoms. The first-order valence-corrected chi connectivity index (χ1v) is 9.13. The van der Waals surface area contributed by atoms with Gasteiger partial charge in [0, 0.05) is 17.4 Å². The van der Waals surface area contributed by atoms with E-state index in [1.807, 2.05) is 5.38 Å². The number of fused-ring (bicyclic) bond motifs is 1. The zero-order chi connectivity index (χ0) is 17.1. The molecule has 0 spiro atoms. The molecule has 1 aliphatic carbocycles. The molecule has 0 fully saturated rings. The molecule has 1 aliphatic rings. The number of amides is 1. The Balaban J connectivity index is 2.04. The van der Waals surface area contributed by atoms with Gasteiger partial charge in [0.05, 0.1) is 7.11 Å². The monoisotopic (exact) mass is 343 g/mol. The van der Waals surface area contributed by atoms with Gasteiger partial charge in [-0.3, -0.25) is 4.79 Å². The molecule has 1 heterocycles. The maximum Gasteiger partial charge on any atom is 0.341 e. The van der Waals surface area contributed by atoms with Crippen molar-refractivity contribution < 1.29 is 14.3 Å². The number of carbonyl (C=O) groups is 2. The van der Waals surface area contributed by atoms with Crippen molar-refractivity contribution in [1.29, 1.82) is 0 Å². The van der Waals surface area contributed by atoms with Gasteiger partial charge >= 0.3 is 5.97 Å². The summed E-state index contributed by atoms with van der Waals surface area (Å²) in [6.45, 7) is 1.78. The van der Waals surface area contributed by atoms with Crippen molar-refractivity contribution in [3.8, 4) is 11.1 Å². The first-order chi connectivity index (χ1) is 11.6. The predicted octanol–water partition coefficient (Wildman–Crippen LogP) is 4.43. The van der Waals surface area contributed by atoms with Crippen LogP contribution in [0.5, 0.6) is 0 Å². The van der Waals surface area contributed by atoms with E-state index in [2.05, 4.69) is 23.5 Å². The zero-order valence-corrected chi connectivity index (χ0v) is 14.8. The van der Waals surface area contributed by atoms with Gasteiger partial charge in [-0.05, 0) is 42.4 Å². The number of rotatable bonds is 4. The lowest BCUT2D eigenvalue weighted by Crippen LogP contribution is -2.12. The van der Waals surface area contributed by atoms with E-state index in [4.69, 9.17) is 4.74 Å². The molecule has 0 atom stereocenters. The predicted molar refractivity (Wildman–Crippen MR) is 96.7 cm³/mol. The van der Waals surface area contributed by atoms with Crippen molar-refractivity contribution >= 4 is 28.2 Å². The number of thiophene rings is 1. The Hall–Kier alpha value is -2.14. The van der Waals surface area contributed by atoms with Gasteiger partial charge < -0.3 is 10.1 Å². The number of carbonyl (C=O) groups excluding carboxylic acids is 2. The van der Waals surface area contributed by atoms with Crippen LogP contribution < -0.4 is 5.32 Å². The van der Waals surface area contributed by atoms with Gasteiger partial charge in [0.2, 0.25) is 5.91 Å². The molecule has 5 heteroatoms. The number of ether oxygens (including phenoxy) is 1. The van der Waals surface area contributed by atoms with E-state index >= 15 is 0 Å². The molecule has 1 aromatic carbocycles. The van der Waals surface area contributed by atoms with Gasteiger partial charge in [0.1, 0.15) is 10.6 Å². The Labute approximate surface area is 145 Å². The van der Waals surface area contributed by atoms with Gasteiger partial charge in [-0.15, -0.1) is 11.3 Å². The van der Waals surface area contributed by atoms with E-state index in [0.717, 1.165) is 24.0 Å². The van der Waals surface area contributed by atoms with Crippen molar-refractivity contribution in [3.05, 3.63) is 40.3 Å². The van der Waals surface area contributed by atoms with Crippen molar-refractivity contribution in [2.24, 2.45) is 0 Å². The summed E-state index contributed by atoms with van der Waals surface area (Å²) in [5, 5.41) is 5.28. The Morgan fingerprint density at radius 1 is 1.21 bits per heavy atom. The maximum absolute atomic E-state index is 12.3. The molecule has 0 aliphatic heterocycles. The molecule has 0 radical (unpaired) electrons. The Morgan fingerprint density at radius 2 is 1.96 bits per heavy atom. The van der Waals surface area contributed by atoms with Crippen molar-refractivity contribution in [2.45, 2.75) is 39.0 Å². The fourth-order valence-corrected chi connectivity index (χ4v) is 4.06. The number of methoxy groups -OCH3 is 1. The molecule has 2 aromatic rings. The van der Waals surface area contributed by atoms with Crippen LogP contribution in [0.3, 0.4) is 0 Å². The summed E-state index contributed by atoms with van der Waals surface area (Å²) in [6, 6.07) is 6.39. The van der Waals surface area contributed by atoms with E-state index in [1.54, 1.807) is 6.92 Å². The fourth-order valence-electron chi connectivity index (χ4n) is 3.08. The molecule has 1 N–H and O–H groups in total. The number of benzene rings is 1. The number of aryl methyl sites for hydroxylation is 2. The average Bonchev–Trinajstić information content (AvgIpc) is 3.03. The third-order valence-corrected chi connectivity index (χ3v) is 5.31. The largest absolute Gasteiger partial charge is 0.465 e. The van der Waals surface area contributed by atoms with E-state index in [0.29, 0.717) is 17.0 Å². The minimum Gasteiger partial charge on any atom is -0.465 e. The highest BCUT2D eigenvalue weighted by Crippen LogP contribution is 2.37. The van der Waals surface area contributed by atoms with Crippen molar-refractivity contribution in [3.63, 3.8) is 0 Å². The van der Waals surface area contributed by atoms with Crippen molar-refractivity contribution in [1.82, 2.24) is 0 Å². The molecule has 1 amide bonds. The van der Waals surface area contributed by atoms with Crippen LogP contribution >= 0.6 is 11.3 Å². The third kappa shape index (κ3) is 3.22. The molecule has 0 saturated heterocycles. The van der Waals surface area contributed by atoms with Gasteiger partial charge in [0.25, 0.3) is 0 Å². The molecule has 0 saturated carbocycles. The van der Waals surface area contributed by atoms with Crippen LogP contribution in [0.4, 0.5) is 5.00 Å². The highest BCUT2D eigenvalue weighted by Gasteiger charge is 2.22. The normalized spacial score (nSPS) is 13.2. The van der Waals surface area contributed by atoms with E-state index in [1.165, 1.54) is 42.4 Å². The summed E-state index contributed by atoms with van der Waals surface area (Å²) in [4.78, 5) is 24.0. The van der Waals surface area contributed by atoms with Crippen LogP contribution in [0.15, 0.2) is 23.6 Å².